The maximum absolute atomic E-state index is 4.63. The van der Waals surface area contributed by atoms with E-state index in [0.717, 1.165) is 43.6 Å². The molecule has 0 aliphatic carbocycles. The summed E-state index contributed by atoms with van der Waals surface area (Å²) in [6.07, 6.45) is 8.36. The molecule has 0 saturated heterocycles. The third kappa shape index (κ3) is 4.11. The summed E-state index contributed by atoms with van der Waals surface area (Å²) in [6.45, 7) is 8.35. The van der Waals surface area contributed by atoms with Crippen LogP contribution in [0.4, 0.5) is 0 Å². The molecule has 0 fully saturated rings. The maximum atomic E-state index is 4.63. The van der Waals surface area contributed by atoms with Gasteiger partial charge in [-0.15, -0.1) is 0 Å². The van der Waals surface area contributed by atoms with Crippen molar-refractivity contribution in [3.8, 4) is 0 Å². The summed E-state index contributed by atoms with van der Waals surface area (Å²) in [5.74, 6) is 0. The Morgan fingerprint density at radius 3 is 2.57 bits per heavy atom. The van der Waals surface area contributed by atoms with E-state index in [1.807, 2.05) is 12.4 Å². The van der Waals surface area contributed by atoms with Crippen molar-refractivity contribution in [3.05, 3.63) is 41.7 Å². The Balaban J connectivity index is 2.20. The van der Waals surface area contributed by atoms with E-state index in [1.165, 1.54) is 5.69 Å². The molecule has 0 aliphatic rings. The first-order valence-corrected chi connectivity index (χ1v) is 7.82. The molecule has 1 N–H and O–H groups in total. The molecule has 2 heterocycles. The highest BCUT2D eigenvalue weighted by atomic mass is 15.3. The van der Waals surface area contributed by atoms with E-state index in [1.54, 1.807) is 6.33 Å². The van der Waals surface area contributed by atoms with Gasteiger partial charge in [0.1, 0.15) is 6.33 Å². The fraction of sp³-hybridized carbons (Fsp3) is 0.562. The van der Waals surface area contributed by atoms with Gasteiger partial charge in [-0.1, -0.05) is 13.8 Å². The highest BCUT2D eigenvalue weighted by Crippen LogP contribution is 2.18. The lowest BCUT2D eigenvalue weighted by molar-refractivity contribution is 0.500. The number of hydrogen-bond donors (Lipinski definition) is 1. The summed E-state index contributed by atoms with van der Waals surface area (Å²) >= 11 is 0. The van der Waals surface area contributed by atoms with Crippen LogP contribution in [0.1, 0.15) is 50.2 Å². The van der Waals surface area contributed by atoms with E-state index in [9.17, 15) is 0 Å². The monoisotopic (exact) mass is 287 g/mol. The van der Waals surface area contributed by atoms with Gasteiger partial charge in [0, 0.05) is 42.7 Å². The van der Waals surface area contributed by atoms with Crippen molar-refractivity contribution < 1.29 is 0 Å². The number of nitrogens with one attached hydrogen (secondary N) is 1. The van der Waals surface area contributed by atoms with Crippen LogP contribution in [-0.4, -0.2) is 26.3 Å². The molecule has 5 heteroatoms. The molecule has 0 spiro atoms. The average molecular weight is 287 g/mol. The van der Waals surface area contributed by atoms with Crippen molar-refractivity contribution in [1.82, 2.24) is 25.1 Å². The van der Waals surface area contributed by atoms with Gasteiger partial charge in [0.15, 0.2) is 0 Å². The summed E-state index contributed by atoms with van der Waals surface area (Å²) in [5.41, 5.74) is 3.56. The molecule has 0 radical (unpaired) electrons. The Hall–Kier alpha value is -1.75. The maximum Gasteiger partial charge on any atom is 0.115 e. The smallest absolute Gasteiger partial charge is 0.115 e. The van der Waals surface area contributed by atoms with Crippen LogP contribution >= 0.6 is 0 Å². The summed E-state index contributed by atoms with van der Waals surface area (Å²) in [7, 11) is 0. The highest BCUT2D eigenvalue weighted by Gasteiger charge is 2.15. The zero-order valence-electron chi connectivity index (χ0n) is 13.2. The normalized spacial score (nSPS) is 12.5. The van der Waals surface area contributed by atoms with Crippen LogP contribution in [-0.2, 0) is 19.4 Å². The van der Waals surface area contributed by atoms with Gasteiger partial charge in [0.25, 0.3) is 0 Å². The Labute approximate surface area is 126 Å². The van der Waals surface area contributed by atoms with Crippen LogP contribution in [0.3, 0.4) is 0 Å². The molecule has 2 aromatic heterocycles. The van der Waals surface area contributed by atoms with Crippen molar-refractivity contribution in [2.75, 3.05) is 6.54 Å². The van der Waals surface area contributed by atoms with Crippen LogP contribution < -0.4 is 5.32 Å². The van der Waals surface area contributed by atoms with Gasteiger partial charge in [-0.2, -0.15) is 5.10 Å². The Morgan fingerprint density at radius 1 is 1.19 bits per heavy atom. The van der Waals surface area contributed by atoms with E-state index in [4.69, 9.17) is 0 Å². The molecule has 0 bridgehead atoms. The zero-order chi connectivity index (χ0) is 15.1. The van der Waals surface area contributed by atoms with Crippen molar-refractivity contribution >= 4 is 0 Å². The standard InChI is InChI=1S/C16H25N5/c1-4-7-19-16(13-10-17-12-18-11-13)9-15-8-14(5-2)20-21(15)6-3/h8,10-12,16,19H,4-7,9H2,1-3H3. The molecular formula is C16H25N5. The predicted molar refractivity (Wildman–Crippen MR) is 84.0 cm³/mol. The van der Waals surface area contributed by atoms with Crippen molar-refractivity contribution in [3.63, 3.8) is 0 Å². The Kier molecular flexibility index (Phi) is 5.87. The van der Waals surface area contributed by atoms with Crippen molar-refractivity contribution in [2.45, 2.75) is 52.6 Å². The van der Waals surface area contributed by atoms with Crippen molar-refractivity contribution in [1.29, 1.82) is 0 Å². The van der Waals surface area contributed by atoms with E-state index in [-0.39, 0.29) is 6.04 Å². The second kappa shape index (κ2) is 7.88. The third-order valence-corrected chi connectivity index (χ3v) is 3.61. The lowest BCUT2D eigenvalue weighted by atomic mass is 10.0. The molecule has 0 aromatic carbocycles. The van der Waals surface area contributed by atoms with E-state index >= 15 is 0 Å². The fourth-order valence-corrected chi connectivity index (χ4v) is 2.45. The Bertz CT molecular complexity index is 535. The van der Waals surface area contributed by atoms with Gasteiger partial charge in [-0.05, 0) is 32.4 Å². The van der Waals surface area contributed by atoms with Crippen LogP contribution in [0.5, 0.6) is 0 Å². The highest BCUT2D eigenvalue weighted by molar-refractivity contribution is 5.17. The largest absolute Gasteiger partial charge is 0.310 e. The third-order valence-electron chi connectivity index (χ3n) is 3.61. The second-order valence-electron chi connectivity index (χ2n) is 5.18. The average Bonchev–Trinajstić information content (AvgIpc) is 2.94. The van der Waals surface area contributed by atoms with Crippen LogP contribution in [0.25, 0.3) is 0 Å². The molecule has 5 nitrogen and oxygen atoms in total. The van der Waals surface area contributed by atoms with Gasteiger partial charge in [0.05, 0.1) is 5.69 Å². The summed E-state index contributed by atoms with van der Waals surface area (Å²) in [6, 6.07) is 2.45. The van der Waals surface area contributed by atoms with Crippen LogP contribution in [0.2, 0.25) is 0 Å². The minimum absolute atomic E-state index is 0.234. The zero-order valence-corrected chi connectivity index (χ0v) is 13.2. The van der Waals surface area contributed by atoms with Gasteiger partial charge in [0.2, 0.25) is 0 Å². The topological polar surface area (TPSA) is 55.6 Å². The van der Waals surface area contributed by atoms with Gasteiger partial charge in [-0.25, -0.2) is 9.97 Å². The van der Waals surface area contributed by atoms with Crippen LogP contribution in [0.15, 0.2) is 24.8 Å². The van der Waals surface area contributed by atoms with E-state index in [2.05, 4.69) is 51.9 Å². The molecule has 0 amide bonds. The number of hydrogen-bond acceptors (Lipinski definition) is 4. The number of nitrogens with zero attached hydrogens (tertiary/aromatic N) is 4. The number of rotatable bonds is 8. The second-order valence-corrected chi connectivity index (χ2v) is 5.18. The molecular weight excluding hydrogens is 262 g/mol. The minimum Gasteiger partial charge on any atom is -0.310 e. The fourth-order valence-electron chi connectivity index (χ4n) is 2.45. The van der Waals surface area contributed by atoms with E-state index in [0.29, 0.717) is 0 Å². The first kappa shape index (κ1) is 15.6. The van der Waals surface area contributed by atoms with Crippen LogP contribution in [0, 0.1) is 0 Å². The van der Waals surface area contributed by atoms with Gasteiger partial charge in [-0.3, -0.25) is 4.68 Å². The lowest BCUT2D eigenvalue weighted by Gasteiger charge is -2.18. The molecule has 114 valence electrons. The molecule has 1 unspecified atom stereocenters. The summed E-state index contributed by atoms with van der Waals surface area (Å²) in [5, 5.41) is 8.22. The van der Waals surface area contributed by atoms with Gasteiger partial charge < -0.3 is 5.32 Å². The number of aryl methyl sites for hydroxylation is 2. The van der Waals surface area contributed by atoms with Gasteiger partial charge >= 0.3 is 0 Å². The minimum atomic E-state index is 0.234. The predicted octanol–water partition coefficient (Wildman–Crippen LogP) is 2.54. The molecule has 1 atom stereocenters. The first-order valence-electron chi connectivity index (χ1n) is 7.82. The number of aromatic nitrogens is 4. The molecule has 0 aliphatic heterocycles. The summed E-state index contributed by atoms with van der Waals surface area (Å²) < 4.78 is 2.10. The van der Waals surface area contributed by atoms with E-state index < -0.39 is 0 Å². The quantitative estimate of drug-likeness (QED) is 0.810. The SMILES string of the molecule is CCCNC(Cc1cc(CC)nn1CC)c1cncnc1. The molecule has 0 saturated carbocycles. The van der Waals surface area contributed by atoms with Crippen molar-refractivity contribution in [2.24, 2.45) is 0 Å². The molecule has 21 heavy (non-hydrogen) atoms. The lowest BCUT2D eigenvalue weighted by Crippen LogP contribution is -2.25. The first-order chi connectivity index (χ1) is 10.3. The Morgan fingerprint density at radius 2 is 1.95 bits per heavy atom. The molecule has 2 rings (SSSR count). The molecule has 2 aromatic rings. The summed E-state index contributed by atoms with van der Waals surface area (Å²) in [4.78, 5) is 8.29.